The number of quaternary nitrogens is 1. The first kappa shape index (κ1) is 31.7. The maximum Gasteiger partial charge on any atom is 0.442 e. The number of nitrogens with two attached hydrogens (primary N) is 1. The van der Waals surface area contributed by atoms with Crippen molar-refractivity contribution in [1.29, 1.82) is 0 Å². The Morgan fingerprint density at radius 2 is 1.78 bits per heavy atom. The number of amides is 4. The number of urea groups is 1. The van der Waals surface area contributed by atoms with Crippen LogP contribution >= 0.6 is 0 Å². The maximum absolute atomic E-state index is 14.3. The first-order chi connectivity index (χ1) is 19.3. The number of benzene rings is 1. The number of carbonyl (C=O) groups excluding carboxylic acids is 4. The van der Waals surface area contributed by atoms with Crippen molar-refractivity contribution in [1.82, 2.24) is 14.7 Å². The SMILES string of the molecule is CCOc1ccc(-n2nc(C(=O)[C@H](C(C)C)N(C(=O)OC)C(=O)[N+]3(C(=O)[C@@H](N)C(C)C)CCC[C@H]3C)oc2=O)cc1. The average Bonchev–Trinajstić information content (AvgIpc) is 3.53. The summed E-state index contributed by atoms with van der Waals surface area (Å²) >= 11 is 0. The van der Waals surface area contributed by atoms with Gasteiger partial charge in [0.25, 0.3) is 5.89 Å². The van der Waals surface area contributed by atoms with Crippen LogP contribution in [0, 0.1) is 11.8 Å². The number of Topliss-reactive ketones (excluding diaryl/α,β-unsaturated/α-hetero) is 1. The van der Waals surface area contributed by atoms with E-state index >= 15 is 0 Å². The third-order valence-electron chi connectivity index (χ3n) is 7.53. The molecule has 0 spiro atoms. The molecule has 224 valence electrons. The highest BCUT2D eigenvalue weighted by atomic mass is 16.5. The van der Waals surface area contributed by atoms with Gasteiger partial charge in [0, 0.05) is 12.8 Å². The quantitative estimate of drug-likeness (QED) is 0.347. The fraction of sp³-hybridized carbons (Fsp3) is 0.571. The third kappa shape index (κ3) is 5.96. The zero-order valence-electron chi connectivity index (χ0n) is 24.7. The van der Waals surface area contributed by atoms with Crippen molar-refractivity contribution in [3.8, 4) is 11.4 Å². The topological polar surface area (TPSA) is 164 Å². The van der Waals surface area contributed by atoms with Crippen LogP contribution in [0.4, 0.5) is 9.59 Å². The lowest BCUT2D eigenvalue weighted by Crippen LogP contribution is -2.70. The number of ketones is 1. The van der Waals surface area contributed by atoms with E-state index in [4.69, 9.17) is 19.6 Å². The molecule has 0 aliphatic carbocycles. The van der Waals surface area contributed by atoms with E-state index in [1.54, 1.807) is 58.9 Å². The Balaban J connectivity index is 2.08. The van der Waals surface area contributed by atoms with E-state index in [-0.39, 0.29) is 12.5 Å². The van der Waals surface area contributed by atoms with E-state index in [0.717, 1.165) is 11.8 Å². The second-order valence-electron chi connectivity index (χ2n) is 10.9. The molecule has 3 rings (SSSR count). The summed E-state index contributed by atoms with van der Waals surface area (Å²) in [6.45, 7) is 10.9. The lowest BCUT2D eigenvalue weighted by molar-refractivity contribution is -0.788. The van der Waals surface area contributed by atoms with Gasteiger partial charge in [-0.3, -0.25) is 4.79 Å². The van der Waals surface area contributed by atoms with Crippen molar-refractivity contribution in [3.63, 3.8) is 0 Å². The van der Waals surface area contributed by atoms with Crippen molar-refractivity contribution >= 4 is 23.8 Å². The predicted molar refractivity (Wildman–Crippen MR) is 148 cm³/mol. The average molecular weight is 575 g/mol. The number of nitrogens with zero attached hydrogens (tertiary/aromatic N) is 4. The van der Waals surface area contributed by atoms with Crippen LogP contribution in [-0.4, -0.2) is 81.4 Å². The smallest absolute Gasteiger partial charge is 0.442 e. The lowest BCUT2D eigenvalue weighted by atomic mass is 9.97. The van der Waals surface area contributed by atoms with Crippen LogP contribution in [0.1, 0.15) is 65.1 Å². The van der Waals surface area contributed by atoms with Gasteiger partial charge in [0.15, 0.2) is 0 Å². The van der Waals surface area contributed by atoms with Crippen molar-refractivity contribution in [2.75, 3.05) is 20.3 Å². The van der Waals surface area contributed by atoms with E-state index < -0.39 is 64.0 Å². The van der Waals surface area contributed by atoms with Gasteiger partial charge in [-0.2, -0.15) is 14.1 Å². The summed E-state index contributed by atoms with van der Waals surface area (Å²) in [5.41, 5.74) is 6.54. The van der Waals surface area contributed by atoms with Crippen LogP contribution < -0.4 is 16.2 Å². The van der Waals surface area contributed by atoms with E-state index in [0.29, 0.717) is 35.8 Å². The van der Waals surface area contributed by atoms with Crippen LogP contribution in [0.5, 0.6) is 5.75 Å². The van der Waals surface area contributed by atoms with Crippen molar-refractivity contribution in [2.45, 2.75) is 72.5 Å². The van der Waals surface area contributed by atoms with Crippen molar-refractivity contribution < 1.29 is 37.6 Å². The molecule has 41 heavy (non-hydrogen) atoms. The molecule has 1 fully saturated rings. The summed E-state index contributed by atoms with van der Waals surface area (Å²) in [6, 6.07) is 2.53. The second-order valence-corrected chi connectivity index (χ2v) is 10.9. The van der Waals surface area contributed by atoms with Crippen LogP contribution in [0.3, 0.4) is 0 Å². The Kier molecular flexibility index (Phi) is 9.87. The highest BCUT2D eigenvalue weighted by Gasteiger charge is 2.59. The number of rotatable bonds is 9. The summed E-state index contributed by atoms with van der Waals surface area (Å²) in [5, 5.41) is 4.07. The number of hydrogen-bond donors (Lipinski definition) is 1. The molecule has 13 nitrogen and oxygen atoms in total. The number of hydrogen-bond acceptors (Lipinski definition) is 10. The maximum atomic E-state index is 14.3. The van der Waals surface area contributed by atoms with Crippen molar-refractivity contribution in [3.05, 3.63) is 40.7 Å². The molecule has 1 aromatic carbocycles. The molecule has 1 aliphatic rings. The molecule has 1 aromatic heterocycles. The summed E-state index contributed by atoms with van der Waals surface area (Å²) < 4.78 is 15.7. The normalized spacial score (nSPS) is 20.1. The summed E-state index contributed by atoms with van der Waals surface area (Å²) in [4.78, 5) is 68.5. The molecule has 0 bridgehead atoms. The fourth-order valence-electron chi connectivity index (χ4n) is 5.17. The third-order valence-corrected chi connectivity index (χ3v) is 7.53. The summed E-state index contributed by atoms with van der Waals surface area (Å²) in [6.07, 6.45) is -0.0445. The molecule has 2 N–H and O–H groups in total. The van der Waals surface area contributed by atoms with Gasteiger partial charge >= 0.3 is 23.8 Å². The van der Waals surface area contributed by atoms with Gasteiger partial charge in [-0.05, 0) is 49.9 Å². The minimum absolute atomic E-state index is 0.118. The molecular formula is C28H40N5O8+. The molecule has 1 unspecified atom stereocenters. The molecule has 4 atom stereocenters. The largest absolute Gasteiger partial charge is 0.494 e. The van der Waals surface area contributed by atoms with Crippen LogP contribution in [0.15, 0.2) is 33.5 Å². The minimum Gasteiger partial charge on any atom is -0.494 e. The molecule has 4 amide bonds. The molecule has 2 aromatic rings. The molecule has 1 saturated heterocycles. The standard InChI is InChI=1S/C28H40N5O8/c1-8-40-20-13-11-19(12-14-20)32-28(38)41-24(30-32)23(34)22(17(4)5)31(27(37)39-7)26(36)33(15-9-10-18(33)6)25(35)21(29)16(2)3/h11-14,16-18,21-22H,8-10,15,29H2,1-7H3/q+1/t18-,21+,22+,33?/m1/s1. The number of aromatic nitrogens is 2. The Labute approximate surface area is 238 Å². The first-order valence-electron chi connectivity index (χ1n) is 13.8. The van der Waals surface area contributed by atoms with E-state index in [1.165, 1.54) is 0 Å². The molecule has 1 aliphatic heterocycles. The summed E-state index contributed by atoms with van der Waals surface area (Å²) in [7, 11) is 1.07. The molecule has 13 heteroatoms. The van der Waals surface area contributed by atoms with E-state index in [2.05, 4.69) is 5.10 Å². The molecule has 2 heterocycles. The zero-order valence-corrected chi connectivity index (χ0v) is 24.7. The number of ether oxygens (including phenoxy) is 2. The highest BCUT2D eigenvalue weighted by molar-refractivity contribution is 6.03. The van der Waals surface area contributed by atoms with Gasteiger partial charge < -0.3 is 19.6 Å². The Morgan fingerprint density at radius 3 is 2.27 bits per heavy atom. The summed E-state index contributed by atoms with van der Waals surface area (Å²) in [5.74, 6) is -3.33. The van der Waals surface area contributed by atoms with Crippen LogP contribution in [0.2, 0.25) is 0 Å². The Morgan fingerprint density at radius 1 is 1.15 bits per heavy atom. The minimum atomic E-state index is -1.49. The van der Waals surface area contributed by atoms with Crippen molar-refractivity contribution in [2.24, 2.45) is 17.6 Å². The number of methoxy groups -OCH3 is 1. The first-order valence-corrected chi connectivity index (χ1v) is 13.8. The lowest BCUT2D eigenvalue weighted by Gasteiger charge is -2.40. The monoisotopic (exact) mass is 574 g/mol. The number of carbonyl (C=O) groups is 4. The highest BCUT2D eigenvalue weighted by Crippen LogP contribution is 2.33. The van der Waals surface area contributed by atoms with Crippen LogP contribution in [0.25, 0.3) is 5.69 Å². The number of imide groups is 2. The van der Waals surface area contributed by atoms with Gasteiger partial charge in [-0.1, -0.05) is 27.7 Å². The molecule has 0 saturated carbocycles. The fourth-order valence-corrected chi connectivity index (χ4v) is 5.17. The van der Waals surface area contributed by atoms with E-state index in [1.807, 2.05) is 6.92 Å². The van der Waals surface area contributed by atoms with Gasteiger partial charge in [0.05, 0.1) is 25.9 Å². The second kappa shape index (κ2) is 12.8. The van der Waals surface area contributed by atoms with Gasteiger partial charge in [-0.25, -0.2) is 19.2 Å². The van der Waals surface area contributed by atoms with Gasteiger partial charge in [0.1, 0.15) is 23.9 Å². The van der Waals surface area contributed by atoms with Crippen LogP contribution in [-0.2, 0) is 9.53 Å². The van der Waals surface area contributed by atoms with E-state index in [9.17, 15) is 24.0 Å². The predicted octanol–water partition coefficient (Wildman–Crippen LogP) is 3.13. The zero-order chi connectivity index (χ0) is 30.6. The number of likely N-dealkylation sites (tertiary alicyclic amines) is 1. The van der Waals surface area contributed by atoms with Gasteiger partial charge in [0.2, 0.25) is 5.78 Å². The molecular weight excluding hydrogens is 534 g/mol. The molecule has 0 radical (unpaired) electrons. The Hall–Kier alpha value is -3.84. The Bertz CT molecular complexity index is 1330. The van der Waals surface area contributed by atoms with Gasteiger partial charge in [-0.15, -0.1) is 5.10 Å².